The van der Waals surface area contributed by atoms with Gasteiger partial charge in [0.05, 0.1) is 10.4 Å². The lowest BCUT2D eigenvalue weighted by atomic mass is 10.2. The Hall–Kier alpha value is -0.950. The first-order valence-electron chi connectivity index (χ1n) is 6.54. The van der Waals surface area contributed by atoms with E-state index in [2.05, 4.69) is 21.2 Å². The Morgan fingerprint density at radius 1 is 1.29 bits per heavy atom. The summed E-state index contributed by atoms with van der Waals surface area (Å²) in [5.74, 6) is 0.440. The summed E-state index contributed by atoms with van der Waals surface area (Å²) >= 11 is 5.05. The summed E-state index contributed by atoms with van der Waals surface area (Å²) in [6, 6.07) is 8.58. The van der Waals surface area contributed by atoms with Gasteiger partial charge in [0.2, 0.25) is 0 Å². The molecule has 0 aliphatic carbocycles. The summed E-state index contributed by atoms with van der Waals surface area (Å²) in [7, 11) is 1.65. The first-order valence-corrected chi connectivity index (χ1v) is 8.15. The molecule has 6 heteroatoms. The van der Waals surface area contributed by atoms with Crippen LogP contribution in [0.4, 0.5) is 4.39 Å². The number of methoxy groups -OCH3 is 1. The highest BCUT2D eigenvalue weighted by atomic mass is 79.9. The molecule has 0 saturated carbocycles. The third-order valence-corrected chi connectivity index (χ3v) is 4.42. The molecule has 2 rings (SSSR count). The minimum atomic E-state index is -0.259. The molecule has 0 spiro atoms. The van der Waals surface area contributed by atoms with Gasteiger partial charge in [-0.2, -0.15) is 0 Å². The lowest BCUT2D eigenvalue weighted by Gasteiger charge is -2.12. The van der Waals surface area contributed by atoms with E-state index in [1.54, 1.807) is 24.5 Å². The summed E-state index contributed by atoms with van der Waals surface area (Å²) < 4.78 is 25.2. The molecule has 1 aromatic carbocycles. The van der Waals surface area contributed by atoms with Crippen molar-refractivity contribution in [3.63, 3.8) is 0 Å². The Morgan fingerprint density at radius 2 is 2.14 bits per heavy atom. The third kappa shape index (κ3) is 5.39. The molecule has 0 saturated heterocycles. The topological polar surface area (TPSA) is 30.5 Å². The van der Waals surface area contributed by atoms with E-state index < -0.39 is 0 Å². The van der Waals surface area contributed by atoms with Gasteiger partial charge in [0.15, 0.2) is 0 Å². The van der Waals surface area contributed by atoms with Crippen molar-refractivity contribution in [1.82, 2.24) is 5.32 Å². The van der Waals surface area contributed by atoms with Crippen LogP contribution in [0, 0.1) is 5.82 Å². The second kappa shape index (κ2) is 8.48. The van der Waals surface area contributed by atoms with Crippen molar-refractivity contribution >= 4 is 27.3 Å². The van der Waals surface area contributed by atoms with Crippen molar-refractivity contribution in [2.24, 2.45) is 0 Å². The Labute approximate surface area is 136 Å². The molecule has 0 amide bonds. The molecule has 0 aliphatic heterocycles. The fourth-order valence-corrected chi connectivity index (χ4v) is 3.20. The molecular formula is C15H17BrFNO2S. The lowest BCUT2D eigenvalue weighted by molar-refractivity contribution is 0.199. The van der Waals surface area contributed by atoms with Crippen LogP contribution in [0.5, 0.6) is 5.75 Å². The zero-order chi connectivity index (χ0) is 15.1. The van der Waals surface area contributed by atoms with E-state index in [1.165, 1.54) is 12.1 Å². The van der Waals surface area contributed by atoms with Crippen LogP contribution in [0.15, 0.2) is 34.1 Å². The molecule has 0 radical (unpaired) electrons. The Morgan fingerprint density at radius 3 is 2.86 bits per heavy atom. The maximum atomic E-state index is 13.4. The third-order valence-electron chi connectivity index (χ3n) is 2.82. The predicted molar refractivity (Wildman–Crippen MR) is 86.3 cm³/mol. The van der Waals surface area contributed by atoms with Gasteiger partial charge in [0, 0.05) is 30.6 Å². The summed E-state index contributed by atoms with van der Waals surface area (Å²) in [4.78, 5) is 1.12. The summed E-state index contributed by atoms with van der Waals surface area (Å²) in [5.41, 5.74) is 0.807. The molecule has 21 heavy (non-hydrogen) atoms. The highest BCUT2D eigenvalue weighted by Gasteiger charge is 2.07. The molecule has 0 fully saturated rings. The second-order valence-electron chi connectivity index (χ2n) is 4.42. The average molecular weight is 374 g/mol. The zero-order valence-electron chi connectivity index (χ0n) is 11.7. The predicted octanol–water partition coefficient (Wildman–Crippen LogP) is 3.96. The minimum Gasteiger partial charge on any atom is -0.488 e. The van der Waals surface area contributed by atoms with E-state index >= 15 is 0 Å². The Balaban J connectivity index is 1.97. The van der Waals surface area contributed by atoms with Crippen LogP contribution in [0.25, 0.3) is 0 Å². The van der Waals surface area contributed by atoms with E-state index in [9.17, 15) is 4.39 Å². The van der Waals surface area contributed by atoms with Crippen LogP contribution >= 0.6 is 27.3 Å². The molecule has 0 unspecified atom stereocenters. The van der Waals surface area contributed by atoms with Crippen LogP contribution < -0.4 is 10.1 Å². The largest absolute Gasteiger partial charge is 0.488 e. The van der Waals surface area contributed by atoms with Crippen LogP contribution in [0.2, 0.25) is 0 Å². The quantitative estimate of drug-likeness (QED) is 0.710. The van der Waals surface area contributed by atoms with Gasteiger partial charge < -0.3 is 14.8 Å². The number of nitrogens with one attached hydrogen (secondary N) is 1. The molecule has 0 aliphatic rings. The van der Waals surface area contributed by atoms with E-state index in [-0.39, 0.29) is 5.82 Å². The van der Waals surface area contributed by atoms with Gasteiger partial charge in [0.25, 0.3) is 0 Å². The van der Waals surface area contributed by atoms with Crippen LogP contribution in [0.3, 0.4) is 0 Å². The van der Waals surface area contributed by atoms with E-state index in [1.807, 2.05) is 12.1 Å². The average Bonchev–Trinajstić information content (AvgIpc) is 2.88. The van der Waals surface area contributed by atoms with Gasteiger partial charge in [-0.25, -0.2) is 4.39 Å². The van der Waals surface area contributed by atoms with Crippen molar-refractivity contribution in [1.29, 1.82) is 0 Å². The molecule has 1 N–H and O–H groups in total. The standard InChI is InChI=1S/C15H17BrFNO2S/c1-19-7-6-18-9-11-8-12(17)2-4-14(11)20-10-13-3-5-15(16)21-13/h2-5,8,18H,6-7,9-10H2,1H3. The normalized spacial score (nSPS) is 10.8. The van der Waals surface area contributed by atoms with Crippen LogP contribution in [-0.2, 0) is 17.9 Å². The van der Waals surface area contributed by atoms with Crippen molar-refractivity contribution in [3.05, 3.63) is 50.4 Å². The maximum absolute atomic E-state index is 13.4. The number of halogens is 2. The molecular weight excluding hydrogens is 357 g/mol. The van der Waals surface area contributed by atoms with E-state index in [4.69, 9.17) is 9.47 Å². The Bertz CT molecular complexity index is 577. The van der Waals surface area contributed by atoms with Crippen LogP contribution in [0.1, 0.15) is 10.4 Å². The number of thiophene rings is 1. The minimum absolute atomic E-state index is 0.259. The van der Waals surface area contributed by atoms with Crippen molar-refractivity contribution in [3.8, 4) is 5.75 Å². The maximum Gasteiger partial charge on any atom is 0.124 e. The first-order chi connectivity index (χ1) is 10.2. The molecule has 1 heterocycles. The fraction of sp³-hybridized carbons (Fsp3) is 0.333. The van der Waals surface area contributed by atoms with Gasteiger partial charge in [-0.1, -0.05) is 0 Å². The highest BCUT2D eigenvalue weighted by Crippen LogP contribution is 2.25. The number of rotatable bonds is 8. The van der Waals surface area contributed by atoms with Crippen molar-refractivity contribution in [2.75, 3.05) is 20.3 Å². The number of hydrogen-bond donors (Lipinski definition) is 1. The van der Waals surface area contributed by atoms with E-state index in [0.717, 1.165) is 14.2 Å². The molecule has 1 aromatic heterocycles. The van der Waals surface area contributed by atoms with Crippen molar-refractivity contribution < 1.29 is 13.9 Å². The van der Waals surface area contributed by atoms with Gasteiger partial charge in [-0.3, -0.25) is 0 Å². The molecule has 0 atom stereocenters. The summed E-state index contributed by atoms with van der Waals surface area (Å²) in [5, 5.41) is 3.20. The Kier molecular flexibility index (Phi) is 6.63. The fourth-order valence-electron chi connectivity index (χ4n) is 1.80. The van der Waals surface area contributed by atoms with Gasteiger partial charge in [-0.05, 0) is 46.3 Å². The lowest BCUT2D eigenvalue weighted by Crippen LogP contribution is -2.19. The molecule has 3 nitrogen and oxygen atoms in total. The van der Waals surface area contributed by atoms with Crippen LogP contribution in [-0.4, -0.2) is 20.3 Å². The number of hydrogen-bond acceptors (Lipinski definition) is 4. The molecule has 114 valence electrons. The van der Waals surface area contributed by atoms with Gasteiger partial charge >= 0.3 is 0 Å². The number of ether oxygens (including phenoxy) is 2. The smallest absolute Gasteiger partial charge is 0.124 e. The van der Waals surface area contributed by atoms with E-state index in [0.29, 0.717) is 32.1 Å². The molecule has 0 bridgehead atoms. The second-order valence-corrected chi connectivity index (χ2v) is 6.96. The van der Waals surface area contributed by atoms with Crippen molar-refractivity contribution in [2.45, 2.75) is 13.2 Å². The molecule has 2 aromatic rings. The number of benzene rings is 1. The summed E-state index contributed by atoms with van der Waals surface area (Å²) in [6.07, 6.45) is 0. The SMILES string of the molecule is COCCNCc1cc(F)ccc1OCc1ccc(Br)s1. The monoisotopic (exact) mass is 373 g/mol. The first kappa shape index (κ1) is 16.4. The zero-order valence-corrected chi connectivity index (χ0v) is 14.1. The van der Waals surface area contributed by atoms with Gasteiger partial charge in [0.1, 0.15) is 18.2 Å². The summed E-state index contributed by atoms with van der Waals surface area (Å²) in [6.45, 7) is 2.36. The van der Waals surface area contributed by atoms with Gasteiger partial charge in [-0.15, -0.1) is 11.3 Å². The highest BCUT2D eigenvalue weighted by molar-refractivity contribution is 9.11.